The molecule has 1 fully saturated rings. The topological polar surface area (TPSA) is 42.8 Å². The zero-order chi connectivity index (χ0) is 18.9. The molecule has 0 aliphatic carbocycles. The lowest BCUT2D eigenvalue weighted by Gasteiger charge is -2.28. The van der Waals surface area contributed by atoms with E-state index in [-0.39, 0.29) is 11.9 Å². The SMILES string of the molecule is O=C(CCSc1ccc(Cl)cc1)N[C@H](C[NH+]1CCOCC1)c1ccccc1. The summed E-state index contributed by atoms with van der Waals surface area (Å²) in [6, 6.07) is 18.0. The number of hydrogen-bond acceptors (Lipinski definition) is 3. The van der Waals surface area contributed by atoms with E-state index in [0.717, 1.165) is 54.1 Å². The van der Waals surface area contributed by atoms with Crippen molar-refractivity contribution in [1.82, 2.24) is 5.32 Å². The van der Waals surface area contributed by atoms with E-state index in [0.29, 0.717) is 6.42 Å². The van der Waals surface area contributed by atoms with Gasteiger partial charge in [0.25, 0.3) is 0 Å². The first-order valence-electron chi connectivity index (χ1n) is 9.35. The smallest absolute Gasteiger partial charge is 0.221 e. The number of rotatable bonds is 8. The van der Waals surface area contributed by atoms with Gasteiger partial charge in [0.1, 0.15) is 25.7 Å². The van der Waals surface area contributed by atoms with Crippen LogP contribution in [-0.2, 0) is 9.53 Å². The number of morpholine rings is 1. The number of halogens is 1. The van der Waals surface area contributed by atoms with E-state index >= 15 is 0 Å². The highest BCUT2D eigenvalue weighted by atomic mass is 35.5. The molecule has 1 aliphatic heterocycles. The molecule has 1 aliphatic rings. The van der Waals surface area contributed by atoms with Crippen molar-refractivity contribution in [2.45, 2.75) is 17.4 Å². The van der Waals surface area contributed by atoms with Crippen LogP contribution in [0.3, 0.4) is 0 Å². The summed E-state index contributed by atoms with van der Waals surface area (Å²) in [5, 5.41) is 3.97. The van der Waals surface area contributed by atoms with Crippen LogP contribution in [0.25, 0.3) is 0 Å². The summed E-state index contributed by atoms with van der Waals surface area (Å²) in [6.45, 7) is 4.46. The number of carbonyl (C=O) groups excluding carboxylic acids is 1. The quantitative estimate of drug-likeness (QED) is 0.663. The second-order valence-corrected chi connectivity index (χ2v) is 8.25. The maximum absolute atomic E-state index is 12.5. The predicted octanol–water partition coefficient (Wildman–Crippen LogP) is 2.59. The highest BCUT2D eigenvalue weighted by Gasteiger charge is 2.22. The Morgan fingerprint density at radius 1 is 1.11 bits per heavy atom. The average molecular weight is 406 g/mol. The fraction of sp³-hybridized carbons (Fsp3) is 0.381. The number of carbonyl (C=O) groups is 1. The van der Waals surface area contributed by atoms with Crippen LogP contribution >= 0.6 is 23.4 Å². The highest BCUT2D eigenvalue weighted by molar-refractivity contribution is 7.99. The van der Waals surface area contributed by atoms with Gasteiger partial charge in [0.05, 0.1) is 13.2 Å². The van der Waals surface area contributed by atoms with E-state index in [9.17, 15) is 4.79 Å². The lowest BCUT2D eigenvalue weighted by Crippen LogP contribution is -3.14. The van der Waals surface area contributed by atoms with E-state index in [1.807, 2.05) is 42.5 Å². The van der Waals surface area contributed by atoms with E-state index in [1.54, 1.807) is 11.8 Å². The molecule has 2 N–H and O–H groups in total. The predicted molar refractivity (Wildman–Crippen MR) is 111 cm³/mol. The van der Waals surface area contributed by atoms with Crippen molar-refractivity contribution >= 4 is 29.3 Å². The lowest BCUT2D eigenvalue weighted by molar-refractivity contribution is -0.909. The summed E-state index contributed by atoms with van der Waals surface area (Å²) in [5.74, 6) is 0.845. The van der Waals surface area contributed by atoms with Crippen molar-refractivity contribution in [1.29, 1.82) is 0 Å². The molecule has 0 radical (unpaired) electrons. The molecular weight excluding hydrogens is 380 g/mol. The Balaban J connectivity index is 1.52. The monoisotopic (exact) mass is 405 g/mol. The van der Waals surface area contributed by atoms with E-state index in [1.165, 1.54) is 4.90 Å². The van der Waals surface area contributed by atoms with Crippen LogP contribution in [0.2, 0.25) is 5.02 Å². The minimum absolute atomic E-state index is 0.0346. The lowest BCUT2D eigenvalue weighted by atomic mass is 10.1. The number of amides is 1. The Morgan fingerprint density at radius 2 is 1.81 bits per heavy atom. The van der Waals surface area contributed by atoms with Crippen LogP contribution in [0, 0.1) is 0 Å². The van der Waals surface area contributed by atoms with Gasteiger partial charge in [-0.1, -0.05) is 41.9 Å². The van der Waals surface area contributed by atoms with Crippen LogP contribution < -0.4 is 10.2 Å². The van der Waals surface area contributed by atoms with Crippen molar-refractivity contribution in [3.05, 3.63) is 65.2 Å². The van der Waals surface area contributed by atoms with E-state index in [4.69, 9.17) is 16.3 Å². The normalized spacial score (nSPS) is 16.0. The van der Waals surface area contributed by atoms with E-state index in [2.05, 4.69) is 17.4 Å². The molecule has 3 rings (SSSR count). The van der Waals surface area contributed by atoms with Gasteiger partial charge in [0, 0.05) is 22.1 Å². The van der Waals surface area contributed by atoms with Crippen molar-refractivity contribution < 1.29 is 14.4 Å². The number of nitrogens with one attached hydrogen (secondary N) is 2. The Hall–Kier alpha value is -1.53. The van der Waals surface area contributed by atoms with Crippen LogP contribution in [0.4, 0.5) is 0 Å². The summed E-state index contributed by atoms with van der Waals surface area (Å²) in [4.78, 5) is 15.1. The molecular formula is C21H26ClN2O2S+. The Labute approximate surface area is 170 Å². The summed E-state index contributed by atoms with van der Waals surface area (Å²) >= 11 is 7.58. The summed E-state index contributed by atoms with van der Waals surface area (Å²) in [5.41, 5.74) is 1.16. The first kappa shape index (κ1) is 20.2. The number of quaternary nitrogens is 1. The van der Waals surface area contributed by atoms with Gasteiger partial charge in [-0.25, -0.2) is 0 Å². The zero-order valence-corrected chi connectivity index (χ0v) is 16.9. The molecule has 4 nitrogen and oxygen atoms in total. The molecule has 2 aromatic rings. The standard InChI is InChI=1S/C21H25ClN2O2S/c22-18-6-8-19(9-7-18)27-15-10-21(25)23-20(17-4-2-1-3-5-17)16-24-11-13-26-14-12-24/h1-9,20H,10-16H2,(H,23,25)/p+1/t20-/m1/s1. The van der Waals surface area contributed by atoms with Gasteiger partial charge < -0.3 is 15.0 Å². The molecule has 1 atom stereocenters. The molecule has 2 aromatic carbocycles. The zero-order valence-electron chi connectivity index (χ0n) is 15.3. The molecule has 1 amide bonds. The average Bonchev–Trinajstić information content (AvgIpc) is 2.70. The third kappa shape index (κ3) is 6.85. The molecule has 144 valence electrons. The van der Waals surface area contributed by atoms with Gasteiger partial charge in [-0.05, 0) is 29.8 Å². The van der Waals surface area contributed by atoms with Gasteiger partial charge in [-0.15, -0.1) is 11.8 Å². The van der Waals surface area contributed by atoms with Gasteiger partial charge in [0.2, 0.25) is 5.91 Å². The maximum Gasteiger partial charge on any atom is 0.221 e. The van der Waals surface area contributed by atoms with Crippen molar-refractivity contribution in [3.8, 4) is 0 Å². The Bertz CT molecular complexity index is 706. The van der Waals surface area contributed by atoms with Crippen molar-refractivity contribution in [3.63, 3.8) is 0 Å². The van der Waals surface area contributed by atoms with Crippen LogP contribution in [0.1, 0.15) is 18.0 Å². The van der Waals surface area contributed by atoms with Gasteiger partial charge in [0.15, 0.2) is 0 Å². The molecule has 0 spiro atoms. The van der Waals surface area contributed by atoms with Gasteiger partial charge >= 0.3 is 0 Å². The van der Waals surface area contributed by atoms with Crippen LogP contribution in [0.15, 0.2) is 59.5 Å². The Morgan fingerprint density at radius 3 is 2.52 bits per heavy atom. The minimum atomic E-state index is 0.0346. The summed E-state index contributed by atoms with van der Waals surface area (Å²) < 4.78 is 5.45. The molecule has 0 unspecified atom stereocenters. The van der Waals surface area contributed by atoms with Gasteiger partial charge in [-0.3, -0.25) is 4.79 Å². The van der Waals surface area contributed by atoms with Crippen molar-refractivity contribution in [2.24, 2.45) is 0 Å². The maximum atomic E-state index is 12.5. The molecule has 0 aromatic heterocycles. The van der Waals surface area contributed by atoms with Gasteiger partial charge in [-0.2, -0.15) is 0 Å². The van der Waals surface area contributed by atoms with E-state index < -0.39 is 0 Å². The second kappa shape index (κ2) is 10.7. The number of benzene rings is 2. The molecule has 6 heteroatoms. The highest BCUT2D eigenvalue weighted by Crippen LogP contribution is 2.21. The molecule has 0 bridgehead atoms. The largest absolute Gasteiger partial charge is 0.370 e. The first-order chi connectivity index (χ1) is 13.2. The third-order valence-corrected chi connectivity index (χ3v) is 5.91. The Kier molecular flexibility index (Phi) is 8.02. The molecule has 1 heterocycles. The minimum Gasteiger partial charge on any atom is -0.370 e. The van der Waals surface area contributed by atoms with Crippen LogP contribution in [0.5, 0.6) is 0 Å². The third-order valence-electron chi connectivity index (χ3n) is 4.64. The summed E-state index contributed by atoms with van der Waals surface area (Å²) in [6.07, 6.45) is 0.495. The number of ether oxygens (including phenoxy) is 1. The first-order valence-corrected chi connectivity index (χ1v) is 10.7. The molecule has 27 heavy (non-hydrogen) atoms. The van der Waals surface area contributed by atoms with Crippen molar-refractivity contribution in [2.75, 3.05) is 38.6 Å². The second-order valence-electron chi connectivity index (χ2n) is 6.65. The molecule has 0 saturated carbocycles. The number of thioether (sulfide) groups is 1. The molecule has 1 saturated heterocycles. The number of hydrogen-bond donors (Lipinski definition) is 2. The fourth-order valence-electron chi connectivity index (χ4n) is 3.15. The fourth-order valence-corrected chi connectivity index (χ4v) is 4.13. The summed E-state index contributed by atoms with van der Waals surface area (Å²) in [7, 11) is 0. The van der Waals surface area contributed by atoms with Crippen LogP contribution in [-0.4, -0.2) is 44.5 Å².